The molecule has 12 rings (SSSR count). The van der Waals surface area contributed by atoms with Gasteiger partial charge in [-0.2, -0.15) is 0 Å². The van der Waals surface area contributed by atoms with Crippen LogP contribution in [0.2, 0.25) is 0 Å². The average Bonchev–Trinajstić information content (AvgIpc) is 3.92. The van der Waals surface area contributed by atoms with Crippen LogP contribution in [0.4, 0.5) is 17.1 Å². The normalized spacial score (nSPS) is 17.3. The molecule has 0 spiro atoms. The lowest BCUT2D eigenvalue weighted by atomic mass is 9.74. The van der Waals surface area contributed by atoms with Crippen molar-refractivity contribution >= 4 is 48.6 Å². The largest absolute Gasteiger partial charge is 0.310 e. The molecule has 0 N–H and O–H groups in total. The van der Waals surface area contributed by atoms with E-state index in [1.54, 1.807) is 0 Å². The van der Waals surface area contributed by atoms with Gasteiger partial charge in [-0.15, -0.1) is 11.3 Å². The summed E-state index contributed by atoms with van der Waals surface area (Å²) in [4.78, 5) is 2.51. The third-order valence-electron chi connectivity index (χ3n) is 13.7. The Labute approximate surface area is 355 Å². The van der Waals surface area contributed by atoms with E-state index in [4.69, 9.17) is 0 Å². The van der Waals surface area contributed by atoms with Gasteiger partial charge in [-0.05, 0) is 124 Å². The highest BCUT2D eigenvalue weighted by atomic mass is 32.1. The van der Waals surface area contributed by atoms with E-state index >= 15 is 0 Å². The summed E-state index contributed by atoms with van der Waals surface area (Å²) >= 11 is 1.87. The molecule has 0 saturated heterocycles. The predicted molar refractivity (Wildman–Crippen MR) is 254 cm³/mol. The maximum atomic E-state index is 2.51. The zero-order valence-electron chi connectivity index (χ0n) is 33.6. The van der Waals surface area contributed by atoms with Crippen molar-refractivity contribution in [3.05, 3.63) is 246 Å². The van der Waals surface area contributed by atoms with Gasteiger partial charge in [0.25, 0.3) is 0 Å². The van der Waals surface area contributed by atoms with Crippen molar-refractivity contribution in [2.45, 2.75) is 24.7 Å². The highest BCUT2D eigenvalue weighted by Gasteiger charge is 2.44. The smallest absolute Gasteiger partial charge is 0.0543 e. The number of benzene rings is 9. The Morgan fingerprint density at radius 3 is 1.67 bits per heavy atom. The van der Waals surface area contributed by atoms with E-state index in [1.807, 2.05) is 11.3 Å². The molecule has 0 radical (unpaired) electrons. The van der Waals surface area contributed by atoms with E-state index in [-0.39, 0.29) is 10.8 Å². The van der Waals surface area contributed by atoms with Gasteiger partial charge in [0.2, 0.25) is 0 Å². The van der Waals surface area contributed by atoms with Crippen LogP contribution in [0, 0.1) is 0 Å². The lowest BCUT2D eigenvalue weighted by Gasteiger charge is -2.32. The molecule has 0 bridgehead atoms. The second kappa shape index (κ2) is 13.3. The van der Waals surface area contributed by atoms with Gasteiger partial charge in [-0.1, -0.05) is 164 Å². The zero-order valence-corrected chi connectivity index (χ0v) is 34.4. The topological polar surface area (TPSA) is 3.24 Å². The maximum Gasteiger partial charge on any atom is 0.0543 e. The first-order valence-electron chi connectivity index (χ1n) is 20.9. The van der Waals surface area contributed by atoms with Crippen LogP contribution < -0.4 is 4.90 Å². The summed E-state index contributed by atoms with van der Waals surface area (Å²) in [5.74, 6) is 0. The number of hydrogen-bond donors (Lipinski definition) is 0. The number of nitrogens with zero attached hydrogens (tertiary/aromatic N) is 1. The average molecular weight is 784 g/mol. The fourth-order valence-electron chi connectivity index (χ4n) is 10.6. The van der Waals surface area contributed by atoms with Gasteiger partial charge in [0.15, 0.2) is 0 Å². The van der Waals surface area contributed by atoms with Gasteiger partial charge in [-0.25, -0.2) is 0 Å². The van der Waals surface area contributed by atoms with Gasteiger partial charge in [0.05, 0.1) is 5.69 Å². The molecular formula is C58H41NS. The molecule has 1 aromatic heterocycles. The Morgan fingerprint density at radius 1 is 0.367 bits per heavy atom. The number of rotatable bonds is 6. The highest BCUT2D eigenvalue weighted by Crippen LogP contribution is 2.58. The highest BCUT2D eigenvalue weighted by molar-refractivity contribution is 7.25. The first kappa shape index (κ1) is 35.0. The molecule has 0 amide bonds. The van der Waals surface area contributed by atoms with Gasteiger partial charge >= 0.3 is 0 Å². The first-order valence-corrected chi connectivity index (χ1v) is 21.7. The Kier molecular flexibility index (Phi) is 7.73. The Hall–Kier alpha value is -7.00. The molecule has 284 valence electrons. The zero-order chi connectivity index (χ0) is 40.0. The predicted octanol–water partition coefficient (Wildman–Crippen LogP) is 15.9. The van der Waals surface area contributed by atoms with Gasteiger partial charge < -0.3 is 4.90 Å². The summed E-state index contributed by atoms with van der Waals surface area (Å²) in [6, 6.07) is 79.1. The van der Waals surface area contributed by atoms with Crippen molar-refractivity contribution in [2.75, 3.05) is 4.90 Å². The number of thiophene rings is 1. The Bertz CT molecular complexity index is 3290. The SMILES string of the molecule is CC1(c2ccccc2)c2ccccc2-c2ccc(N(c3ccc(-c4ccc5sc6ccccc6c5c4)cc3)c3cccc4c3-c3ccccc3C4(C)c3ccccc3)cc21. The summed E-state index contributed by atoms with van der Waals surface area (Å²) < 4.78 is 2.65. The minimum absolute atomic E-state index is 0.311. The third-order valence-corrected chi connectivity index (χ3v) is 14.8. The molecule has 0 aliphatic heterocycles. The molecule has 0 saturated carbocycles. The molecule has 0 fully saturated rings. The molecule has 2 unspecified atom stereocenters. The first-order chi connectivity index (χ1) is 29.5. The lowest BCUT2D eigenvalue weighted by Crippen LogP contribution is -2.23. The number of hydrogen-bond acceptors (Lipinski definition) is 2. The molecule has 2 atom stereocenters. The minimum Gasteiger partial charge on any atom is -0.310 e. The number of fused-ring (bicyclic) bond motifs is 9. The van der Waals surface area contributed by atoms with E-state index in [1.165, 1.54) is 92.6 Å². The van der Waals surface area contributed by atoms with E-state index < -0.39 is 0 Å². The lowest BCUT2D eigenvalue weighted by molar-refractivity contribution is 0.713. The molecular weight excluding hydrogens is 743 g/mol. The van der Waals surface area contributed by atoms with Gasteiger partial charge in [0, 0.05) is 47.9 Å². The van der Waals surface area contributed by atoms with Crippen LogP contribution in [-0.2, 0) is 10.8 Å². The summed E-state index contributed by atoms with van der Waals surface area (Å²) in [5.41, 5.74) is 18.4. The van der Waals surface area contributed by atoms with Crippen molar-refractivity contribution < 1.29 is 0 Å². The van der Waals surface area contributed by atoms with E-state index in [2.05, 4.69) is 231 Å². The third kappa shape index (κ3) is 4.98. The van der Waals surface area contributed by atoms with Crippen LogP contribution >= 0.6 is 11.3 Å². The standard InChI is InChI=1S/C58H41NS/c1-57(40-16-5-3-6-17-40)50-24-13-10-22-47(50)56-51(57)25-15-26-53(56)59(42-31-28-38(29-32-42)39-30-35-55-48(36-39)46-21-11-14-27-54(46)60-55)43-33-34-45-44-20-9-12-23-49(44)58(2,52(45)37-43)41-18-7-4-8-19-41/h3-37H,1-2H3. The van der Waals surface area contributed by atoms with Crippen LogP contribution in [0.3, 0.4) is 0 Å². The second-order valence-electron chi connectivity index (χ2n) is 16.7. The molecule has 2 heteroatoms. The van der Waals surface area contributed by atoms with Crippen molar-refractivity contribution in [2.24, 2.45) is 0 Å². The maximum absolute atomic E-state index is 2.51. The molecule has 9 aromatic carbocycles. The minimum atomic E-state index is -0.319. The quantitative estimate of drug-likeness (QED) is 0.162. The summed E-state index contributed by atoms with van der Waals surface area (Å²) in [6.07, 6.45) is 0. The molecule has 2 aliphatic carbocycles. The van der Waals surface area contributed by atoms with Crippen LogP contribution in [0.25, 0.3) is 53.6 Å². The van der Waals surface area contributed by atoms with Crippen LogP contribution in [0.15, 0.2) is 212 Å². The van der Waals surface area contributed by atoms with Crippen LogP contribution in [0.5, 0.6) is 0 Å². The van der Waals surface area contributed by atoms with E-state index in [9.17, 15) is 0 Å². The fraction of sp³-hybridized carbons (Fsp3) is 0.0690. The van der Waals surface area contributed by atoms with E-state index in [0.29, 0.717) is 0 Å². The van der Waals surface area contributed by atoms with E-state index in [0.717, 1.165) is 11.4 Å². The Morgan fingerprint density at radius 2 is 0.917 bits per heavy atom. The summed E-state index contributed by atoms with van der Waals surface area (Å²) in [5, 5.41) is 2.64. The van der Waals surface area contributed by atoms with Crippen molar-refractivity contribution in [3.8, 4) is 33.4 Å². The van der Waals surface area contributed by atoms with Crippen LogP contribution in [0.1, 0.15) is 47.2 Å². The summed E-state index contributed by atoms with van der Waals surface area (Å²) in [6.45, 7) is 4.81. The summed E-state index contributed by atoms with van der Waals surface area (Å²) in [7, 11) is 0. The van der Waals surface area contributed by atoms with Crippen molar-refractivity contribution in [1.29, 1.82) is 0 Å². The monoisotopic (exact) mass is 783 g/mol. The molecule has 10 aromatic rings. The molecule has 1 heterocycles. The number of anilines is 3. The second-order valence-corrected chi connectivity index (χ2v) is 17.8. The fourth-order valence-corrected chi connectivity index (χ4v) is 11.7. The molecule has 2 aliphatic rings. The van der Waals surface area contributed by atoms with Gasteiger partial charge in [0.1, 0.15) is 0 Å². The van der Waals surface area contributed by atoms with Crippen LogP contribution in [-0.4, -0.2) is 0 Å². The van der Waals surface area contributed by atoms with Crippen molar-refractivity contribution in [3.63, 3.8) is 0 Å². The molecule has 1 nitrogen and oxygen atoms in total. The molecule has 60 heavy (non-hydrogen) atoms. The van der Waals surface area contributed by atoms with Gasteiger partial charge in [-0.3, -0.25) is 0 Å². The Balaban J connectivity index is 1.07. The van der Waals surface area contributed by atoms with Crippen molar-refractivity contribution in [1.82, 2.24) is 0 Å².